The quantitative estimate of drug-likeness (QED) is 0.462. The van der Waals surface area contributed by atoms with E-state index in [-0.39, 0.29) is 18.9 Å². The Labute approximate surface area is 83.3 Å². The molecule has 0 aliphatic heterocycles. The summed E-state index contributed by atoms with van der Waals surface area (Å²) < 4.78 is 0. The van der Waals surface area contributed by atoms with E-state index in [0.717, 1.165) is 29.6 Å². The first-order chi connectivity index (χ1) is 4.55. The molecule has 0 unspecified atom stereocenters. The van der Waals surface area contributed by atoms with E-state index in [4.69, 9.17) is 0 Å². The molecule has 0 aromatic carbocycles. The van der Waals surface area contributed by atoms with E-state index in [1.165, 1.54) is 0 Å². The molecular weight excluding hydrogens is 127 g/mol. The van der Waals surface area contributed by atoms with Crippen LogP contribution >= 0.6 is 0 Å². The predicted octanol–water partition coefficient (Wildman–Crippen LogP) is 2.80. The smallest absolute Gasteiger partial charge is 0 e. The van der Waals surface area contributed by atoms with Gasteiger partial charge in [-0.1, -0.05) is 34.6 Å². The molecule has 0 heterocycles. The van der Waals surface area contributed by atoms with Gasteiger partial charge in [0, 0.05) is 18.9 Å². The summed E-state index contributed by atoms with van der Waals surface area (Å²) in [5, 5.41) is 0. The molecule has 1 fully saturated rings. The second-order valence-corrected chi connectivity index (χ2v) is 4.30. The van der Waals surface area contributed by atoms with Crippen LogP contribution in [-0.4, -0.2) is 18.9 Å². The van der Waals surface area contributed by atoms with Gasteiger partial charge in [0.15, 0.2) is 0 Å². The Bertz CT molecular complexity index is 77.2. The van der Waals surface area contributed by atoms with Crippen LogP contribution in [0.4, 0.5) is 0 Å². The van der Waals surface area contributed by atoms with Crippen LogP contribution in [0.15, 0.2) is 0 Å². The first-order valence-corrected chi connectivity index (χ1v) is 4.55. The van der Waals surface area contributed by atoms with Gasteiger partial charge >= 0.3 is 0 Å². The third-order valence-corrected chi connectivity index (χ3v) is 4.15. The van der Waals surface area contributed by atoms with Crippen molar-refractivity contribution in [3.63, 3.8) is 0 Å². The summed E-state index contributed by atoms with van der Waals surface area (Å²) in [5.41, 5.74) is 0. The van der Waals surface area contributed by atoms with Crippen LogP contribution in [0.1, 0.15) is 34.6 Å². The monoisotopic (exact) mass is 147 g/mol. The minimum absolute atomic E-state index is 0. The fourth-order valence-corrected chi connectivity index (χ4v) is 2.39. The minimum atomic E-state index is 0. The third kappa shape index (κ3) is 1.85. The number of rotatable bonds is 0. The Kier molecular flexibility index (Phi) is 4.23. The van der Waals surface area contributed by atoms with E-state index in [0.29, 0.717) is 0 Å². The standard InChI is InChI=1S/C10H20.Li/c1-6-7(2)9(4)10(5)8(6)3;/h6-10H,1-5H3;. The second kappa shape index (κ2) is 4.01. The minimum Gasteiger partial charge on any atom is -0.0620 e. The van der Waals surface area contributed by atoms with Gasteiger partial charge in [0.05, 0.1) is 0 Å². The van der Waals surface area contributed by atoms with Crippen LogP contribution in [0.25, 0.3) is 0 Å². The van der Waals surface area contributed by atoms with E-state index >= 15 is 0 Å². The molecule has 0 aromatic rings. The zero-order valence-electron chi connectivity index (χ0n) is 8.89. The average Bonchev–Trinajstić information content (AvgIpc) is 2.07. The van der Waals surface area contributed by atoms with Crippen LogP contribution in [0.2, 0.25) is 0 Å². The molecule has 0 spiro atoms. The van der Waals surface area contributed by atoms with Gasteiger partial charge in [0.1, 0.15) is 0 Å². The van der Waals surface area contributed by atoms with Gasteiger partial charge in [-0.2, -0.15) is 0 Å². The third-order valence-electron chi connectivity index (χ3n) is 4.15. The largest absolute Gasteiger partial charge is 0.0620 e. The fraction of sp³-hybridized carbons (Fsp3) is 1.00. The van der Waals surface area contributed by atoms with Gasteiger partial charge in [0.2, 0.25) is 0 Å². The summed E-state index contributed by atoms with van der Waals surface area (Å²) in [7, 11) is 0. The zero-order valence-corrected chi connectivity index (χ0v) is 8.89. The van der Waals surface area contributed by atoms with Crippen LogP contribution in [0.3, 0.4) is 0 Å². The molecule has 1 aliphatic rings. The molecule has 1 saturated carbocycles. The van der Waals surface area contributed by atoms with Gasteiger partial charge in [-0.3, -0.25) is 0 Å². The average molecular weight is 147 g/mol. The van der Waals surface area contributed by atoms with Gasteiger partial charge in [-0.05, 0) is 29.6 Å². The Morgan fingerprint density at radius 1 is 0.455 bits per heavy atom. The summed E-state index contributed by atoms with van der Waals surface area (Å²) in [6.45, 7) is 12.0. The van der Waals surface area contributed by atoms with Crippen molar-refractivity contribution in [1.82, 2.24) is 0 Å². The van der Waals surface area contributed by atoms with Crippen molar-refractivity contribution in [1.29, 1.82) is 0 Å². The number of hydrogen-bond donors (Lipinski definition) is 0. The van der Waals surface area contributed by atoms with Crippen LogP contribution < -0.4 is 0 Å². The first kappa shape index (κ1) is 11.6. The molecule has 0 bridgehead atoms. The van der Waals surface area contributed by atoms with Crippen molar-refractivity contribution < 1.29 is 0 Å². The molecule has 61 valence electrons. The van der Waals surface area contributed by atoms with Gasteiger partial charge in [-0.15, -0.1) is 0 Å². The Hall–Kier alpha value is 0.597. The fourth-order valence-electron chi connectivity index (χ4n) is 2.39. The van der Waals surface area contributed by atoms with Crippen LogP contribution in [-0.2, 0) is 0 Å². The van der Waals surface area contributed by atoms with Gasteiger partial charge < -0.3 is 0 Å². The summed E-state index contributed by atoms with van der Waals surface area (Å²) in [6.07, 6.45) is 0. The van der Waals surface area contributed by atoms with Crippen molar-refractivity contribution in [2.45, 2.75) is 34.6 Å². The van der Waals surface area contributed by atoms with Crippen LogP contribution in [0.5, 0.6) is 0 Å². The molecule has 1 heteroatoms. The second-order valence-electron chi connectivity index (χ2n) is 4.30. The van der Waals surface area contributed by atoms with Crippen molar-refractivity contribution >= 4 is 18.9 Å². The molecule has 1 aliphatic carbocycles. The topological polar surface area (TPSA) is 0 Å². The van der Waals surface area contributed by atoms with E-state index < -0.39 is 0 Å². The molecular formula is C10H20Li. The molecule has 1 radical (unpaired) electrons. The van der Waals surface area contributed by atoms with E-state index in [2.05, 4.69) is 34.6 Å². The van der Waals surface area contributed by atoms with Crippen molar-refractivity contribution in [2.75, 3.05) is 0 Å². The maximum Gasteiger partial charge on any atom is 0 e. The maximum atomic E-state index is 2.40. The van der Waals surface area contributed by atoms with Crippen molar-refractivity contribution in [3.05, 3.63) is 0 Å². The molecule has 0 N–H and O–H groups in total. The number of hydrogen-bond acceptors (Lipinski definition) is 0. The molecule has 0 aromatic heterocycles. The summed E-state index contributed by atoms with van der Waals surface area (Å²) in [4.78, 5) is 0. The normalized spacial score (nSPS) is 50.5. The van der Waals surface area contributed by atoms with Crippen LogP contribution in [0, 0.1) is 29.6 Å². The van der Waals surface area contributed by atoms with E-state index in [1.807, 2.05) is 0 Å². The summed E-state index contributed by atoms with van der Waals surface area (Å²) in [6, 6.07) is 0. The Morgan fingerprint density at radius 3 is 0.636 bits per heavy atom. The molecule has 11 heavy (non-hydrogen) atoms. The van der Waals surface area contributed by atoms with E-state index in [1.54, 1.807) is 0 Å². The van der Waals surface area contributed by atoms with Gasteiger partial charge in [-0.25, -0.2) is 0 Å². The summed E-state index contributed by atoms with van der Waals surface area (Å²) >= 11 is 0. The first-order valence-electron chi connectivity index (χ1n) is 4.55. The SMILES string of the molecule is CC1C(C)C(C)C(C)C1C.[Li]. The molecule has 0 nitrogen and oxygen atoms in total. The maximum absolute atomic E-state index is 2.40. The Balaban J connectivity index is 0.000001000. The molecule has 0 saturated heterocycles. The predicted molar refractivity (Wildman–Crippen MR) is 51.6 cm³/mol. The summed E-state index contributed by atoms with van der Waals surface area (Å²) in [5.74, 6) is 4.68. The van der Waals surface area contributed by atoms with Crippen molar-refractivity contribution in [2.24, 2.45) is 29.6 Å². The zero-order chi connectivity index (χ0) is 7.89. The Morgan fingerprint density at radius 2 is 0.545 bits per heavy atom. The molecule has 0 atom stereocenters. The van der Waals surface area contributed by atoms with Crippen molar-refractivity contribution in [3.8, 4) is 0 Å². The molecule has 1 rings (SSSR count). The van der Waals surface area contributed by atoms with Gasteiger partial charge in [0.25, 0.3) is 0 Å². The van der Waals surface area contributed by atoms with E-state index in [9.17, 15) is 0 Å². The molecule has 0 amide bonds.